The van der Waals surface area contributed by atoms with Crippen LogP contribution in [0.15, 0.2) is 37.1 Å². The van der Waals surface area contributed by atoms with E-state index >= 15 is 0 Å². The number of nitrogens with one attached hydrogen (secondary N) is 2. The molecule has 2 N–H and O–H groups in total. The van der Waals surface area contributed by atoms with Crippen molar-refractivity contribution in [1.82, 2.24) is 29.3 Å². The first kappa shape index (κ1) is 25.5. The molecule has 10 nitrogen and oxygen atoms in total. The lowest BCUT2D eigenvalue weighted by Gasteiger charge is -2.18. The van der Waals surface area contributed by atoms with Crippen LogP contribution < -0.4 is 10.6 Å². The summed E-state index contributed by atoms with van der Waals surface area (Å²) in [4.78, 5) is 32.5. The molecule has 11 heteroatoms. The van der Waals surface area contributed by atoms with Crippen molar-refractivity contribution in [3.63, 3.8) is 0 Å². The summed E-state index contributed by atoms with van der Waals surface area (Å²) in [6, 6.07) is 2.45. The molecule has 5 heterocycles. The van der Waals surface area contributed by atoms with Crippen molar-refractivity contribution in [1.29, 1.82) is 0 Å². The van der Waals surface area contributed by atoms with Gasteiger partial charge in [-0.2, -0.15) is 10.2 Å². The summed E-state index contributed by atoms with van der Waals surface area (Å²) >= 11 is 1.47. The third kappa shape index (κ3) is 5.97. The number of likely N-dealkylation sites (tertiary alicyclic amines) is 1. The number of amides is 2. The molecule has 0 aromatic carbocycles. The van der Waals surface area contributed by atoms with Crippen LogP contribution in [0.4, 0.5) is 11.4 Å². The van der Waals surface area contributed by atoms with Crippen LogP contribution in [0.1, 0.15) is 49.7 Å². The third-order valence-electron chi connectivity index (χ3n) is 5.96. The third-order valence-corrected chi connectivity index (χ3v) is 7.12. The van der Waals surface area contributed by atoms with E-state index in [-0.39, 0.29) is 11.8 Å². The molecule has 1 aliphatic rings. The Morgan fingerprint density at radius 2 is 1.81 bits per heavy atom. The number of carbonyl (C=O) groups is 2. The van der Waals surface area contributed by atoms with E-state index in [2.05, 4.69) is 44.6 Å². The van der Waals surface area contributed by atoms with Crippen LogP contribution in [0, 0.1) is 6.92 Å². The Morgan fingerprint density at radius 1 is 1.06 bits per heavy atom. The Kier molecular flexibility index (Phi) is 7.80. The summed E-state index contributed by atoms with van der Waals surface area (Å²) < 4.78 is 3.41. The second-order valence-corrected chi connectivity index (χ2v) is 10.2. The van der Waals surface area contributed by atoms with Gasteiger partial charge in [0.05, 0.1) is 46.1 Å². The van der Waals surface area contributed by atoms with Crippen LogP contribution in [0.25, 0.3) is 15.3 Å². The number of carbonyl (C=O) groups excluding carboxylic acids is 2. The largest absolute Gasteiger partial charge is 0.325 e. The van der Waals surface area contributed by atoms with Gasteiger partial charge in [-0.05, 0) is 52.8 Å². The monoisotopic (exact) mass is 508 g/mol. The average molecular weight is 509 g/mol. The van der Waals surface area contributed by atoms with Crippen LogP contribution >= 0.6 is 11.3 Å². The lowest BCUT2D eigenvalue weighted by Crippen LogP contribution is -2.26. The van der Waals surface area contributed by atoms with Crippen molar-refractivity contribution in [3.05, 3.63) is 48.3 Å². The molecule has 0 atom stereocenters. The minimum absolute atomic E-state index is 0.206. The predicted octanol–water partition coefficient (Wildman–Crippen LogP) is 4.20. The highest BCUT2D eigenvalue weighted by molar-refractivity contribution is 7.21. The van der Waals surface area contributed by atoms with Crippen LogP contribution in [0.5, 0.6) is 0 Å². The molecule has 5 rings (SSSR count). The van der Waals surface area contributed by atoms with E-state index in [4.69, 9.17) is 0 Å². The van der Waals surface area contributed by atoms with Crippen LogP contribution in [0.2, 0.25) is 0 Å². The number of anilines is 2. The first-order chi connectivity index (χ1) is 17.2. The fourth-order valence-corrected chi connectivity index (χ4v) is 5.04. The average Bonchev–Trinajstić information content (AvgIpc) is 3.60. The topological polar surface area (TPSA) is 109 Å². The Bertz CT molecular complexity index is 1360. The first-order valence-corrected chi connectivity index (χ1v) is 12.8. The highest BCUT2D eigenvalue weighted by atomic mass is 32.1. The second-order valence-electron chi connectivity index (χ2n) is 9.14. The maximum Gasteiger partial charge on any atom is 0.260 e. The summed E-state index contributed by atoms with van der Waals surface area (Å²) in [5, 5.41) is 14.0. The fourth-order valence-electron chi connectivity index (χ4n) is 4.00. The fraction of sp³-hybridized carbons (Fsp3) is 0.400. The molecule has 0 aliphatic carbocycles. The summed E-state index contributed by atoms with van der Waals surface area (Å²) in [5.74, 6) is -0.498. The van der Waals surface area contributed by atoms with Crippen LogP contribution in [-0.2, 0) is 11.8 Å². The molecule has 0 spiro atoms. The number of rotatable bonds is 5. The molecule has 4 aromatic rings. The van der Waals surface area contributed by atoms with Crippen LogP contribution in [-0.4, -0.2) is 60.2 Å². The lowest BCUT2D eigenvalue weighted by atomic mass is 10.2. The molecule has 190 valence electrons. The lowest BCUT2D eigenvalue weighted by molar-refractivity contribution is -0.114. The van der Waals surface area contributed by atoms with Gasteiger partial charge in [-0.25, -0.2) is 4.52 Å². The summed E-state index contributed by atoms with van der Waals surface area (Å²) in [5.41, 5.74) is 3.12. The van der Waals surface area contributed by atoms with Crippen molar-refractivity contribution in [2.75, 3.05) is 23.7 Å². The zero-order valence-corrected chi connectivity index (χ0v) is 22.1. The molecule has 36 heavy (non-hydrogen) atoms. The number of thiazole rings is 1. The van der Waals surface area contributed by atoms with Crippen molar-refractivity contribution >= 4 is 39.4 Å². The van der Waals surface area contributed by atoms with Crippen molar-refractivity contribution in [2.24, 2.45) is 7.05 Å². The molecule has 1 saturated heterocycles. The molecule has 1 aliphatic heterocycles. The number of aromatic nitrogens is 5. The Morgan fingerprint density at radius 3 is 2.42 bits per heavy atom. The number of fused-ring (bicyclic) bond motifs is 1. The number of pyridine rings is 1. The molecule has 2 amide bonds. The van der Waals surface area contributed by atoms with E-state index in [9.17, 15) is 9.59 Å². The van der Waals surface area contributed by atoms with Gasteiger partial charge in [0.1, 0.15) is 4.83 Å². The highest BCUT2D eigenvalue weighted by Crippen LogP contribution is 2.30. The molecule has 0 unspecified atom stereocenters. The SMILES string of the molecule is CC(=O)Nc1cnc(C)c(NC(=O)c2cnn3cc(-c4cnn(C)c4)sc23)c1.CC(C)N1CCCC1. The van der Waals surface area contributed by atoms with Crippen molar-refractivity contribution in [2.45, 2.75) is 46.6 Å². The number of hydrogen-bond acceptors (Lipinski definition) is 7. The van der Waals surface area contributed by atoms with E-state index in [1.807, 2.05) is 19.4 Å². The number of hydrogen-bond donors (Lipinski definition) is 2. The maximum atomic E-state index is 12.8. The normalized spacial score (nSPS) is 13.6. The van der Waals surface area contributed by atoms with Gasteiger partial charge in [0.15, 0.2) is 0 Å². The van der Waals surface area contributed by atoms with E-state index in [1.54, 1.807) is 34.6 Å². The van der Waals surface area contributed by atoms with Crippen molar-refractivity contribution in [3.8, 4) is 10.4 Å². The zero-order chi connectivity index (χ0) is 25.8. The van der Waals surface area contributed by atoms with Gasteiger partial charge in [-0.3, -0.25) is 19.3 Å². The minimum Gasteiger partial charge on any atom is -0.325 e. The van der Waals surface area contributed by atoms with Gasteiger partial charge >= 0.3 is 0 Å². The molecule has 1 fully saturated rings. The Labute approximate surface area is 214 Å². The van der Waals surface area contributed by atoms with Crippen LogP contribution in [0.3, 0.4) is 0 Å². The maximum absolute atomic E-state index is 12.8. The van der Waals surface area contributed by atoms with Gasteiger partial charge in [0.2, 0.25) is 5.91 Å². The van der Waals surface area contributed by atoms with E-state index in [0.717, 1.165) is 21.3 Å². The molecule has 4 aromatic heterocycles. The van der Waals surface area contributed by atoms with E-state index in [1.165, 1.54) is 50.4 Å². The number of nitrogens with zero attached hydrogens (tertiary/aromatic N) is 6. The number of aryl methyl sites for hydroxylation is 2. The highest BCUT2D eigenvalue weighted by Gasteiger charge is 2.18. The smallest absolute Gasteiger partial charge is 0.260 e. The second kappa shape index (κ2) is 11.0. The first-order valence-electron chi connectivity index (χ1n) is 12.0. The Balaban J connectivity index is 0.000000325. The van der Waals surface area contributed by atoms with Gasteiger partial charge in [-0.1, -0.05) is 0 Å². The molecule has 0 saturated carbocycles. The van der Waals surface area contributed by atoms with Gasteiger partial charge in [-0.15, -0.1) is 11.3 Å². The predicted molar refractivity (Wildman–Crippen MR) is 142 cm³/mol. The van der Waals surface area contributed by atoms with Gasteiger partial charge in [0, 0.05) is 38.0 Å². The minimum atomic E-state index is -0.292. The summed E-state index contributed by atoms with van der Waals surface area (Å²) in [6.45, 7) is 10.4. The molecular formula is C25H32N8O2S. The van der Waals surface area contributed by atoms with E-state index in [0.29, 0.717) is 22.6 Å². The van der Waals surface area contributed by atoms with Gasteiger partial charge in [0.25, 0.3) is 5.91 Å². The molecule has 0 bridgehead atoms. The summed E-state index contributed by atoms with van der Waals surface area (Å²) in [6.07, 6.45) is 11.5. The zero-order valence-electron chi connectivity index (χ0n) is 21.3. The quantitative estimate of drug-likeness (QED) is 0.418. The van der Waals surface area contributed by atoms with Crippen molar-refractivity contribution < 1.29 is 9.59 Å². The Hall–Kier alpha value is -3.57. The van der Waals surface area contributed by atoms with Gasteiger partial charge < -0.3 is 15.5 Å². The molecule has 0 radical (unpaired) electrons. The standard InChI is InChI=1S/C18H17N7O2S.C7H15N/c1-10-15(4-13(6-19-10)22-11(2)26)23-17(27)14-7-21-25-9-16(28-18(14)25)12-5-20-24(3)8-12;1-7(2)8-5-3-4-6-8/h4-9H,1-3H3,(H,22,26)(H,23,27);7H,3-6H2,1-2H3. The molecular weight excluding hydrogens is 476 g/mol. The summed E-state index contributed by atoms with van der Waals surface area (Å²) in [7, 11) is 1.85. The van der Waals surface area contributed by atoms with E-state index < -0.39 is 0 Å².